The highest BCUT2D eigenvalue weighted by Crippen LogP contribution is 2.26. The van der Waals surface area contributed by atoms with Crippen molar-refractivity contribution in [1.29, 1.82) is 0 Å². The number of sulfonamides is 1. The second kappa shape index (κ2) is 7.65. The predicted molar refractivity (Wildman–Crippen MR) is 100 cm³/mol. The van der Waals surface area contributed by atoms with Gasteiger partial charge in [0, 0.05) is 24.3 Å². The van der Waals surface area contributed by atoms with Crippen molar-refractivity contribution in [2.75, 3.05) is 25.5 Å². The number of hydrogen-bond donors (Lipinski definition) is 1. The standard InChI is InChI=1S/C18H19ClN2O4S/c1-25-17-9-4-13(12-16(17)19)18(22)20-14-5-7-15(8-6-14)26(23,24)21-10-2-3-11-21/h4-9,12H,2-3,10-11H2,1H3,(H,20,22). The highest BCUT2D eigenvalue weighted by molar-refractivity contribution is 7.89. The van der Waals surface area contributed by atoms with Gasteiger partial charge in [0.05, 0.1) is 17.0 Å². The third-order valence-corrected chi connectivity index (χ3v) is 6.44. The molecular formula is C18H19ClN2O4S. The van der Waals surface area contributed by atoms with Crippen LogP contribution in [-0.2, 0) is 10.0 Å². The molecule has 6 nitrogen and oxygen atoms in total. The quantitative estimate of drug-likeness (QED) is 0.843. The molecule has 0 spiro atoms. The minimum Gasteiger partial charge on any atom is -0.495 e. The van der Waals surface area contributed by atoms with Crippen LogP contribution in [0.15, 0.2) is 47.4 Å². The molecule has 1 fully saturated rings. The zero-order chi connectivity index (χ0) is 18.7. The lowest BCUT2D eigenvalue weighted by molar-refractivity contribution is 0.102. The fourth-order valence-corrected chi connectivity index (χ4v) is 4.57. The first-order valence-electron chi connectivity index (χ1n) is 8.17. The van der Waals surface area contributed by atoms with E-state index in [9.17, 15) is 13.2 Å². The Morgan fingerprint density at radius 1 is 1.12 bits per heavy atom. The summed E-state index contributed by atoms with van der Waals surface area (Å²) in [7, 11) is -1.96. The van der Waals surface area contributed by atoms with Crippen molar-refractivity contribution in [1.82, 2.24) is 4.31 Å². The van der Waals surface area contributed by atoms with E-state index >= 15 is 0 Å². The van der Waals surface area contributed by atoms with Crippen molar-refractivity contribution in [3.63, 3.8) is 0 Å². The van der Waals surface area contributed by atoms with Crippen LogP contribution in [0.2, 0.25) is 5.02 Å². The summed E-state index contributed by atoms with van der Waals surface area (Å²) in [6, 6.07) is 10.9. The molecule has 2 aromatic carbocycles. The number of benzene rings is 2. The van der Waals surface area contributed by atoms with Gasteiger partial charge in [-0.05, 0) is 55.3 Å². The third-order valence-electron chi connectivity index (χ3n) is 4.23. The van der Waals surface area contributed by atoms with Crippen LogP contribution < -0.4 is 10.1 Å². The summed E-state index contributed by atoms with van der Waals surface area (Å²) in [5.41, 5.74) is 0.881. The molecule has 0 aliphatic carbocycles. The highest BCUT2D eigenvalue weighted by Gasteiger charge is 2.26. The van der Waals surface area contributed by atoms with Crippen molar-refractivity contribution in [3.05, 3.63) is 53.1 Å². The van der Waals surface area contributed by atoms with Crippen LogP contribution in [0, 0.1) is 0 Å². The molecule has 138 valence electrons. The van der Waals surface area contributed by atoms with Gasteiger partial charge in [-0.15, -0.1) is 0 Å². The Morgan fingerprint density at radius 3 is 2.35 bits per heavy atom. The van der Waals surface area contributed by atoms with E-state index in [1.54, 1.807) is 24.3 Å². The predicted octanol–water partition coefficient (Wildman–Crippen LogP) is 3.39. The molecule has 8 heteroatoms. The summed E-state index contributed by atoms with van der Waals surface area (Å²) < 4.78 is 31.5. The molecule has 1 aliphatic rings. The van der Waals surface area contributed by atoms with Crippen molar-refractivity contribution in [2.45, 2.75) is 17.7 Å². The van der Waals surface area contributed by atoms with Crippen molar-refractivity contribution < 1.29 is 17.9 Å². The van der Waals surface area contributed by atoms with Crippen molar-refractivity contribution in [2.24, 2.45) is 0 Å². The molecule has 1 N–H and O–H groups in total. The van der Waals surface area contributed by atoms with Crippen LogP contribution in [0.25, 0.3) is 0 Å². The minimum atomic E-state index is -3.46. The van der Waals surface area contributed by atoms with Gasteiger partial charge in [-0.1, -0.05) is 11.6 Å². The molecule has 1 saturated heterocycles. The van der Waals surface area contributed by atoms with Gasteiger partial charge in [0.2, 0.25) is 10.0 Å². The molecule has 3 rings (SSSR count). The Kier molecular flexibility index (Phi) is 5.50. The minimum absolute atomic E-state index is 0.227. The Hall–Kier alpha value is -2.09. The van der Waals surface area contributed by atoms with Gasteiger partial charge in [0.1, 0.15) is 5.75 Å². The molecule has 0 bridgehead atoms. The fraction of sp³-hybridized carbons (Fsp3) is 0.278. The summed E-state index contributed by atoms with van der Waals surface area (Å²) in [6.45, 7) is 1.11. The molecule has 0 unspecified atom stereocenters. The van der Waals surface area contributed by atoms with E-state index in [-0.39, 0.29) is 10.8 Å². The lowest BCUT2D eigenvalue weighted by atomic mass is 10.2. The molecule has 0 radical (unpaired) electrons. The average molecular weight is 395 g/mol. The van der Waals surface area contributed by atoms with Crippen LogP contribution in [0.3, 0.4) is 0 Å². The van der Waals surface area contributed by atoms with E-state index in [4.69, 9.17) is 16.3 Å². The average Bonchev–Trinajstić information content (AvgIpc) is 3.17. The number of nitrogens with one attached hydrogen (secondary N) is 1. The monoisotopic (exact) mass is 394 g/mol. The lowest BCUT2D eigenvalue weighted by Gasteiger charge is -2.15. The maximum absolute atomic E-state index is 12.5. The van der Waals surface area contributed by atoms with E-state index in [2.05, 4.69) is 5.32 Å². The first-order chi connectivity index (χ1) is 12.4. The van der Waals surface area contributed by atoms with Crippen LogP contribution in [-0.4, -0.2) is 38.8 Å². The number of hydrogen-bond acceptors (Lipinski definition) is 4. The number of rotatable bonds is 5. The topological polar surface area (TPSA) is 75.7 Å². The van der Waals surface area contributed by atoms with Gasteiger partial charge in [-0.25, -0.2) is 8.42 Å². The van der Waals surface area contributed by atoms with E-state index in [0.717, 1.165) is 12.8 Å². The Bertz CT molecular complexity index is 907. The van der Waals surface area contributed by atoms with E-state index < -0.39 is 10.0 Å². The van der Waals surface area contributed by atoms with Crippen molar-refractivity contribution in [3.8, 4) is 5.75 Å². The Labute approximate surface area is 157 Å². The zero-order valence-electron chi connectivity index (χ0n) is 14.2. The smallest absolute Gasteiger partial charge is 0.255 e. The van der Waals surface area contributed by atoms with Gasteiger partial charge in [-0.2, -0.15) is 4.31 Å². The second-order valence-corrected chi connectivity index (χ2v) is 8.28. The number of methoxy groups -OCH3 is 1. The first kappa shape index (κ1) is 18.7. The maximum Gasteiger partial charge on any atom is 0.255 e. The summed E-state index contributed by atoms with van der Waals surface area (Å²) >= 11 is 6.03. The SMILES string of the molecule is COc1ccc(C(=O)Nc2ccc(S(=O)(=O)N3CCCC3)cc2)cc1Cl. The molecule has 0 saturated carbocycles. The van der Waals surface area contributed by atoms with E-state index in [1.165, 1.54) is 29.6 Å². The normalized spacial score (nSPS) is 15.0. The molecule has 1 amide bonds. The molecule has 0 atom stereocenters. The summed E-state index contributed by atoms with van der Waals surface area (Å²) in [4.78, 5) is 12.5. The van der Waals surface area contributed by atoms with Crippen LogP contribution in [0.1, 0.15) is 23.2 Å². The Morgan fingerprint density at radius 2 is 1.77 bits per heavy atom. The molecule has 1 aliphatic heterocycles. The number of amides is 1. The highest BCUT2D eigenvalue weighted by atomic mass is 35.5. The van der Waals surface area contributed by atoms with Gasteiger partial charge < -0.3 is 10.1 Å². The number of carbonyl (C=O) groups is 1. The summed E-state index contributed by atoms with van der Waals surface area (Å²) in [5, 5.41) is 3.06. The fourth-order valence-electron chi connectivity index (χ4n) is 2.80. The molecule has 26 heavy (non-hydrogen) atoms. The van der Waals surface area contributed by atoms with Crippen LogP contribution in [0.4, 0.5) is 5.69 Å². The van der Waals surface area contributed by atoms with Crippen LogP contribution in [0.5, 0.6) is 5.75 Å². The number of halogens is 1. The maximum atomic E-state index is 12.5. The number of ether oxygens (including phenoxy) is 1. The second-order valence-electron chi connectivity index (χ2n) is 5.94. The van der Waals surface area contributed by atoms with Gasteiger partial charge in [0.25, 0.3) is 5.91 Å². The molecule has 1 heterocycles. The van der Waals surface area contributed by atoms with Crippen molar-refractivity contribution >= 4 is 33.2 Å². The molecule has 2 aromatic rings. The first-order valence-corrected chi connectivity index (χ1v) is 9.99. The van der Waals surface area contributed by atoms with E-state index in [0.29, 0.717) is 35.1 Å². The third kappa shape index (κ3) is 3.85. The van der Waals surface area contributed by atoms with Crippen LogP contribution >= 0.6 is 11.6 Å². The van der Waals surface area contributed by atoms with Gasteiger partial charge in [0.15, 0.2) is 0 Å². The summed E-state index contributed by atoms with van der Waals surface area (Å²) in [6.07, 6.45) is 1.77. The number of carbonyl (C=O) groups excluding carboxylic acids is 1. The zero-order valence-corrected chi connectivity index (χ0v) is 15.8. The molecule has 0 aromatic heterocycles. The number of anilines is 1. The van der Waals surface area contributed by atoms with Gasteiger partial charge >= 0.3 is 0 Å². The summed E-state index contributed by atoms with van der Waals surface area (Å²) in [5.74, 6) is 0.143. The lowest BCUT2D eigenvalue weighted by Crippen LogP contribution is -2.27. The van der Waals surface area contributed by atoms with Gasteiger partial charge in [-0.3, -0.25) is 4.79 Å². The Balaban J connectivity index is 1.73. The van der Waals surface area contributed by atoms with E-state index in [1.807, 2.05) is 0 Å². The molecular weight excluding hydrogens is 376 g/mol. The largest absolute Gasteiger partial charge is 0.495 e. The number of nitrogens with zero attached hydrogens (tertiary/aromatic N) is 1.